The van der Waals surface area contributed by atoms with E-state index in [-0.39, 0.29) is 23.1 Å². The number of hydrogen-bond acceptors (Lipinski definition) is 8. The van der Waals surface area contributed by atoms with Crippen LogP contribution in [0.4, 0.5) is 19.1 Å². The molecular weight excluding hydrogens is 439 g/mol. The summed E-state index contributed by atoms with van der Waals surface area (Å²) < 4.78 is 23.4. The van der Waals surface area contributed by atoms with Crippen molar-refractivity contribution in [3.63, 3.8) is 0 Å². The molecule has 1 atom stereocenters. The number of hydrogen-bond donors (Lipinski definition) is 2. The minimum absolute atomic E-state index is 0.124. The van der Waals surface area contributed by atoms with Gasteiger partial charge in [-0.3, -0.25) is 10.2 Å². The van der Waals surface area contributed by atoms with Gasteiger partial charge in [-0.15, -0.1) is 11.3 Å². The van der Waals surface area contributed by atoms with E-state index in [0.717, 1.165) is 16.2 Å². The molecule has 0 saturated carbocycles. The zero-order valence-corrected chi connectivity index (χ0v) is 18.2. The number of ether oxygens (including phenoxy) is 1. The van der Waals surface area contributed by atoms with E-state index < -0.39 is 24.0 Å². The van der Waals surface area contributed by atoms with Crippen LogP contribution in [-0.4, -0.2) is 34.2 Å². The second-order valence-corrected chi connectivity index (χ2v) is 7.54. The summed E-state index contributed by atoms with van der Waals surface area (Å²) in [6, 6.07) is 6.25. The Morgan fingerprint density at radius 3 is 2.84 bits per heavy atom. The minimum atomic E-state index is -1.05. The third kappa shape index (κ3) is 5.38. The molecule has 0 radical (unpaired) electrons. The zero-order chi connectivity index (χ0) is 23.3. The van der Waals surface area contributed by atoms with Crippen LogP contribution in [0.25, 0.3) is 0 Å². The monoisotopic (exact) mass is 458 g/mol. The maximum absolute atomic E-state index is 13.2. The van der Waals surface area contributed by atoms with Crippen LogP contribution in [-0.2, 0) is 6.54 Å². The molecule has 2 aromatic heterocycles. The van der Waals surface area contributed by atoms with Crippen molar-refractivity contribution in [2.24, 2.45) is 0 Å². The summed E-state index contributed by atoms with van der Waals surface area (Å²) in [6.45, 7) is 3.35. The van der Waals surface area contributed by atoms with Gasteiger partial charge in [0.1, 0.15) is 11.5 Å². The van der Waals surface area contributed by atoms with E-state index in [1.807, 2.05) is 6.07 Å². The lowest BCUT2D eigenvalue weighted by molar-refractivity contribution is 0.153. The number of aryl methyl sites for hydroxylation is 2. The number of benzene rings is 1. The van der Waals surface area contributed by atoms with Crippen LogP contribution < -0.4 is 15.4 Å². The average molecular weight is 458 g/mol. The average Bonchev–Trinajstić information content (AvgIpc) is 3.34. The van der Waals surface area contributed by atoms with Crippen LogP contribution in [0.1, 0.15) is 28.8 Å². The molecule has 0 aliphatic carbocycles. The van der Waals surface area contributed by atoms with Gasteiger partial charge in [0, 0.05) is 25.9 Å². The van der Waals surface area contributed by atoms with Gasteiger partial charge in [-0.2, -0.15) is 5.26 Å². The van der Waals surface area contributed by atoms with E-state index in [1.165, 1.54) is 19.2 Å². The van der Waals surface area contributed by atoms with Crippen molar-refractivity contribution in [1.29, 1.82) is 5.26 Å². The van der Waals surface area contributed by atoms with Gasteiger partial charge in [0.2, 0.25) is 0 Å². The van der Waals surface area contributed by atoms with Gasteiger partial charge in [0.25, 0.3) is 0 Å². The summed E-state index contributed by atoms with van der Waals surface area (Å²) in [4.78, 5) is 29.8. The number of urea groups is 1. The summed E-state index contributed by atoms with van der Waals surface area (Å²) in [5, 5.41) is 20.2. The molecule has 3 amide bonds. The fourth-order valence-corrected chi connectivity index (χ4v) is 3.40. The first-order valence-corrected chi connectivity index (χ1v) is 10.2. The number of carbonyl (C=O) groups is 2. The first-order chi connectivity index (χ1) is 15.3. The van der Waals surface area contributed by atoms with Crippen LogP contribution in [0.2, 0.25) is 0 Å². The first kappa shape index (κ1) is 22.7. The molecule has 0 aliphatic heterocycles. The quantitative estimate of drug-likeness (QED) is 0.572. The van der Waals surface area contributed by atoms with Gasteiger partial charge in [-0.05, 0) is 24.6 Å². The zero-order valence-electron chi connectivity index (χ0n) is 17.4. The van der Waals surface area contributed by atoms with Gasteiger partial charge in [0.15, 0.2) is 22.7 Å². The van der Waals surface area contributed by atoms with E-state index in [1.54, 1.807) is 31.4 Å². The Kier molecular flexibility index (Phi) is 7.01. The summed E-state index contributed by atoms with van der Waals surface area (Å²) in [7, 11) is 1.40. The molecule has 10 nitrogen and oxygen atoms in total. The Bertz CT molecular complexity index is 1150. The van der Waals surface area contributed by atoms with Crippen molar-refractivity contribution >= 4 is 28.6 Å². The molecule has 12 heteroatoms. The number of amides is 3. The van der Waals surface area contributed by atoms with E-state index in [0.29, 0.717) is 17.0 Å². The lowest BCUT2D eigenvalue weighted by Crippen LogP contribution is -2.33. The number of nitrogens with one attached hydrogen (secondary N) is 2. The minimum Gasteiger partial charge on any atom is -0.404 e. The summed E-state index contributed by atoms with van der Waals surface area (Å²) in [5.41, 5.74) is 1.27. The molecule has 0 aliphatic rings. The molecule has 32 heavy (non-hydrogen) atoms. The van der Waals surface area contributed by atoms with Crippen molar-refractivity contribution in [2.45, 2.75) is 26.4 Å². The molecule has 0 fully saturated rings. The number of halogens is 1. The topological polar surface area (TPSA) is 133 Å². The smallest absolute Gasteiger partial charge is 0.404 e. The molecule has 166 valence electrons. The van der Waals surface area contributed by atoms with Crippen LogP contribution in [0.5, 0.6) is 5.75 Å². The highest BCUT2D eigenvalue weighted by Gasteiger charge is 2.27. The van der Waals surface area contributed by atoms with E-state index >= 15 is 0 Å². The Morgan fingerprint density at radius 2 is 2.19 bits per heavy atom. The van der Waals surface area contributed by atoms with Crippen LogP contribution in [0.3, 0.4) is 0 Å². The summed E-state index contributed by atoms with van der Waals surface area (Å²) in [5.74, 6) is 0.130. The Labute approximate surface area is 186 Å². The fourth-order valence-electron chi connectivity index (χ4n) is 2.68. The lowest BCUT2D eigenvalue weighted by atomic mass is 10.2. The predicted octanol–water partition coefficient (Wildman–Crippen LogP) is 3.90. The Morgan fingerprint density at radius 1 is 1.41 bits per heavy atom. The standard InChI is InChI=1S/C20H19FN6O4S/c1-11-17(12(2)31-26-11)30-20(29)27(3)16(8-22)15-10-32-19(24-15)25-18(28)23-9-13-5-4-6-14(21)7-13/h4-7,10,16H,9H2,1-3H3,(H2,23,24,25,28). The highest BCUT2D eigenvalue weighted by atomic mass is 32.1. The van der Waals surface area contributed by atoms with Crippen molar-refractivity contribution in [1.82, 2.24) is 20.4 Å². The van der Waals surface area contributed by atoms with Crippen molar-refractivity contribution in [3.8, 4) is 11.8 Å². The lowest BCUT2D eigenvalue weighted by Gasteiger charge is -2.20. The number of thiazole rings is 1. The van der Waals surface area contributed by atoms with Gasteiger partial charge in [0.05, 0.1) is 11.8 Å². The maximum Gasteiger partial charge on any atom is 0.416 e. The third-order valence-corrected chi connectivity index (χ3v) is 5.10. The molecule has 0 bridgehead atoms. The van der Waals surface area contributed by atoms with Gasteiger partial charge in [-0.25, -0.2) is 19.0 Å². The molecule has 0 spiro atoms. The number of aromatic nitrogens is 2. The van der Waals surface area contributed by atoms with E-state index in [2.05, 4.69) is 20.8 Å². The highest BCUT2D eigenvalue weighted by Crippen LogP contribution is 2.27. The van der Waals surface area contributed by atoms with Crippen LogP contribution in [0, 0.1) is 31.0 Å². The molecule has 0 saturated heterocycles. The van der Waals surface area contributed by atoms with Gasteiger partial charge < -0.3 is 14.6 Å². The van der Waals surface area contributed by atoms with E-state index in [9.17, 15) is 19.2 Å². The Balaban J connectivity index is 1.60. The number of rotatable bonds is 6. The van der Waals surface area contributed by atoms with Gasteiger partial charge >= 0.3 is 12.1 Å². The summed E-state index contributed by atoms with van der Waals surface area (Å²) in [6.07, 6.45) is -0.790. The van der Waals surface area contributed by atoms with Crippen molar-refractivity contribution < 1.29 is 23.2 Å². The SMILES string of the molecule is Cc1noc(C)c1OC(=O)N(C)C(C#N)c1csc(NC(=O)NCc2cccc(F)c2)n1. The molecule has 2 N–H and O–H groups in total. The molecule has 2 heterocycles. The summed E-state index contributed by atoms with van der Waals surface area (Å²) >= 11 is 1.09. The number of nitrogens with zero attached hydrogens (tertiary/aromatic N) is 4. The number of anilines is 1. The van der Waals surface area contributed by atoms with Crippen molar-refractivity contribution in [2.75, 3.05) is 12.4 Å². The molecule has 3 aromatic rings. The van der Waals surface area contributed by atoms with Crippen LogP contribution >= 0.6 is 11.3 Å². The normalized spacial score (nSPS) is 11.3. The van der Waals surface area contributed by atoms with E-state index in [4.69, 9.17) is 9.26 Å². The highest BCUT2D eigenvalue weighted by molar-refractivity contribution is 7.13. The fraction of sp³-hybridized carbons (Fsp3) is 0.250. The van der Waals surface area contributed by atoms with Crippen molar-refractivity contribution in [3.05, 3.63) is 58.2 Å². The Hall–Kier alpha value is -3.98. The number of nitriles is 1. The molecular formula is C20H19FN6O4S. The van der Waals surface area contributed by atoms with Gasteiger partial charge in [-0.1, -0.05) is 17.3 Å². The predicted molar refractivity (Wildman–Crippen MR) is 112 cm³/mol. The van der Waals surface area contributed by atoms with Crippen LogP contribution in [0.15, 0.2) is 34.2 Å². The molecule has 1 unspecified atom stereocenters. The first-order valence-electron chi connectivity index (χ1n) is 9.30. The largest absolute Gasteiger partial charge is 0.416 e. The molecule has 3 rings (SSSR count). The molecule has 1 aromatic carbocycles. The second-order valence-electron chi connectivity index (χ2n) is 6.68. The second kappa shape index (κ2) is 9.88. The number of carbonyl (C=O) groups excluding carboxylic acids is 2. The maximum atomic E-state index is 13.2. The third-order valence-electron chi connectivity index (χ3n) is 4.32.